The second kappa shape index (κ2) is 10.6. The SMILES string of the molecule is CCCCOc1cccc(C2c3c(oc4ccccc4c3=O)C(=O)N2CCCN2CCOCC2)c1. The van der Waals surface area contributed by atoms with Crippen LogP contribution in [0.25, 0.3) is 11.0 Å². The Kier molecular flexibility index (Phi) is 7.16. The number of morpholine rings is 1. The Morgan fingerprint density at radius 3 is 2.66 bits per heavy atom. The van der Waals surface area contributed by atoms with Crippen LogP contribution >= 0.6 is 0 Å². The fourth-order valence-corrected chi connectivity index (χ4v) is 4.94. The minimum absolute atomic E-state index is 0.145. The van der Waals surface area contributed by atoms with E-state index in [-0.39, 0.29) is 17.1 Å². The third-order valence-corrected chi connectivity index (χ3v) is 6.79. The molecular weight excluding hydrogens is 444 g/mol. The van der Waals surface area contributed by atoms with Gasteiger partial charge in [0.15, 0.2) is 5.43 Å². The summed E-state index contributed by atoms with van der Waals surface area (Å²) in [5, 5.41) is 0.495. The maximum absolute atomic E-state index is 13.6. The van der Waals surface area contributed by atoms with Crippen molar-refractivity contribution in [3.8, 4) is 5.75 Å². The Labute approximate surface area is 205 Å². The van der Waals surface area contributed by atoms with Crippen LogP contribution in [-0.2, 0) is 4.74 Å². The smallest absolute Gasteiger partial charge is 0.290 e. The molecule has 3 heterocycles. The molecule has 2 aliphatic heterocycles. The lowest BCUT2D eigenvalue weighted by atomic mass is 9.98. The van der Waals surface area contributed by atoms with Gasteiger partial charge in [0, 0.05) is 26.2 Å². The molecular formula is C28H32N2O5. The average molecular weight is 477 g/mol. The quantitative estimate of drug-likeness (QED) is 0.430. The van der Waals surface area contributed by atoms with Crippen LogP contribution < -0.4 is 10.2 Å². The minimum Gasteiger partial charge on any atom is -0.494 e. The molecule has 3 aromatic rings. The van der Waals surface area contributed by atoms with Crippen molar-refractivity contribution in [2.45, 2.75) is 32.2 Å². The van der Waals surface area contributed by atoms with Crippen molar-refractivity contribution in [3.05, 3.63) is 75.6 Å². The molecule has 0 spiro atoms. The normalized spacial score (nSPS) is 18.3. The first kappa shape index (κ1) is 23.6. The first-order valence-electron chi connectivity index (χ1n) is 12.6. The minimum atomic E-state index is -0.502. The summed E-state index contributed by atoms with van der Waals surface area (Å²) in [5.74, 6) is 0.671. The Morgan fingerprint density at radius 1 is 1.00 bits per heavy atom. The zero-order chi connectivity index (χ0) is 24.2. The zero-order valence-corrected chi connectivity index (χ0v) is 20.2. The summed E-state index contributed by atoms with van der Waals surface area (Å²) in [6, 6.07) is 14.4. The molecule has 2 aromatic carbocycles. The maximum atomic E-state index is 13.6. The number of carbonyl (C=O) groups is 1. The maximum Gasteiger partial charge on any atom is 0.290 e. The fraction of sp³-hybridized carbons (Fsp3) is 0.429. The standard InChI is InChI=1S/C28H32N2O5/c1-2-3-16-34-21-9-6-8-20(19-21)25-24-26(31)22-10-4-5-11-23(22)35-27(24)28(32)30(25)13-7-12-29-14-17-33-18-15-29/h4-6,8-11,19,25H,2-3,7,12-18H2,1H3. The highest BCUT2D eigenvalue weighted by Crippen LogP contribution is 2.39. The van der Waals surface area contributed by atoms with Crippen molar-refractivity contribution < 1.29 is 18.7 Å². The topological polar surface area (TPSA) is 72.2 Å². The number of fused-ring (bicyclic) bond motifs is 2. The Morgan fingerprint density at radius 2 is 1.83 bits per heavy atom. The highest BCUT2D eigenvalue weighted by Gasteiger charge is 2.42. The van der Waals surface area contributed by atoms with E-state index >= 15 is 0 Å². The van der Waals surface area contributed by atoms with E-state index in [1.54, 1.807) is 17.0 Å². The molecule has 35 heavy (non-hydrogen) atoms. The van der Waals surface area contributed by atoms with Crippen molar-refractivity contribution in [3.63, 3.8) is 0 Å². The molecule has 2 aliphatic rings. The van der Waals surface area contributed by atoms with Crippen LogP contribution in [0, 0.1) is 0 Å². The van der Waals surface area contributed by atoms with E-state index in [1.807, 2.05) is 36.4 Å². The summed E-state index contributed by atoms with van der Waals surface area (Å²) < 4.78 is 17.4. The van der Waals surface area contributed by atoms with Crippen LogP contribution in [-0.4, -0.2) is 61.7 Å². The zero-order valence-electron chi connectivity index (χ0n) is 20.2. The second-order valence-electron chi connectivity index (χ2n) is 9.15. The van der Waals surface area contributed by atoms with Crippen molar-refractivity contribution in [1.82, 2.24) is 9.80 Å². The lowest BCUT2D eigenvalue weighted by Crippen LogP contribution is -2.38. The summed E-state index contributed by atoms with van der Waals surface area (Å²) in [4.78, 5) is 31.3. The number of carbonyl (C=O) groups excluding carboxylic acids is 1. The van der Waals surface area contributed by atoms with Gasteiger partial charge in [-0.05, 0) is 42.7 Å². The number of nitrogens with zero attached hydrogens (tertiary/aromatic N) is 2. The monoisotopic (exact) mass is 476 g/mol. The largest absolute Gasteiger partial charge is 0.494 e. The predicted octanol–water partition coefficient (Wildman–Crippen LogP) is 4.24. The predicted molar refractivity (Wildman–Crippen MR) is 134 cm³/mol. The molecule has 0 bridgehead atoms. The molecule has 5 rings (SSSR count). The number of ether oxygens (including phenoxy) is 2. The number of unbranched alkanes of at least 4 members (excludes halogenated alkanes) is 1. The first-order chi connectivity index (χ1) is 17.2. The Bertz CT molecular complexity index is 1250. The first-order valence-corrected chi connectivity index (χ1v) is 12.6. The molecule has 0 saturated carbocycles. The van der Waals surface area contributed by atoms with Gasteiger partial charge in [0.1, 0.15) is 11.3 Å². The van der Waals surface area contributed by atoms with Gasteiger partial charge in [-0.1, -0.05) is 37.6 Å². The summed E-state index contributed by atoms with van der Waals surface area (Å²) in [7, 11) is 0. The Hall–Kier alpha value is -3.16. The molecule has 7 heteroatoms. The molecule has 184 valence electrons. The van der Waals surface area contributed by atoms with Gasteiger partial charge < -0.3 is 18.8 Å². The summed E-state index contributed by atoms with van der Waals surface area (Å²) >= 11 is 0. The van der Waals surface area contributed by atoms with Gasteiger partial charge in [-0.3, -0.25) is 14.5 Å². The number of rotatable bonds is 9. The number of benzene rings is 2. The number of hydrogen-bond acceptors (Lipinski definition) is 6. The van der Waals surface area contributed by atoms with Gasteiger partial charge in [-0.15, -0.1) is 0 Å². The molecule has 7 nitrogen and oxygen atoms in total. The van der Waals surface area contributed by atoms with E-state index < -0.39 is 6.04 Å². The molecule has 0 aliphatic carbocycles. The molecule has 0 radical (unpaired) electrons. The van der Waals surface area contributed by atoms with E-state index in [0.717, 1.165) is 63.4 Å². The number of amides is 1. The molecule has 1 fully saturated rings. The average Bonchev–Trinajstić information content (AvgIpc) is 3.17. The molecule has 1 unspecified atom stereocenters. The lowest BCUT2D eigenvalue weighted by Gasteiger charge is -2.29. The van der Waals surface area contributed by atoms with Crippen LogP contribution in [0.3, 0.4) is 0 Å². The van der Waals surface area contributed by atoms with E-state index in [1.165, 1.54) is 0 Å². The molecule has 0 N–H and O–H groups in total. The van der Waals surface area contributed by atoms with E-state index in [4.69, 9.17) is 13.9 Å². The molecule has 1 amide bonds. The van der Waals surface area contributed by atoms with E-state index in [2.05, 4.69) is 11.8 Å². The molecule has 1 atom stereocenters. The van der Waals surface area contributed by atoms with Crippen LogP contribution in [0.2, 0.25) is 0 Å². The van der Waals surface area contributed by atoms with Gasteiger partial charge in [-0.2, -0.15) is 0 Å². The molecule has 1 saturated heterocycles. The highest BCUT2D eigenvalue weighted by atomic mass is 16.5. The van der Waals surface area contributed by atoms with Gasteiger partial charge in [0.05, 0.1) is 36.8 Å². The van der Waals surface area contributed by atoms with Crippen LogP contribution in [0.1, 0.15) is 53.9 Å². The van der Waals surface area contributed by atoms with Crippen LogP contribution in [0.15, 0.2) is 57.7 Å². The summed E-state index contributed by atoms with van der Waals surface area (Å²) in [5.41, 5.74) is 1.58. The van der Waals surface area contributed by atoms with Crippen LogP contribution in [0.4, 0.5) is 0 Å². The number of para-hydroxylation sites is 1. The molecule has 1 aromatic heterocycles. The van der Waals surface area contributed by atoms with Crippen molar-refractivity contribution in [2.75, 3.05) is 46.0 Å². The number of hydrogen-bond donors (Lipinski definition) is 0. The lowest BCUT2D eigenvalue weighted by molar-refractivity contribution is 0.0353. The fourth-order valence-electron chi connectivity index (χ4n) is 4.94. The van der Waals surface area contributed by atoms with Gasteiger partial charge in [0.2, 0.25) is 5.76 Å². The van der Waals surface area contributed by atoms with Gasteiger partial charge >= 0.3 is 0 Å². The summed E-state index contributed by atoms with van der Waals surface area (Å²) in [6.07, 6.45) is 2.82. The highest BCUT2D eigenvalue weighted by molar-refractivity contribution is 5.99. The van der Waals surface area contributed by atoms with Crippen LogP contribution in [0.5, 0.6) is 5.75 Å². The van der Waals surface area contributed by atoms with Gasteiger partial charge in [-0.25, -0.2) is 0 Å². The van der Waals surface area contributed by atoms with E-state index in [9.17, 15) is 9.59 Å². The third-order valence-electron chi connectivity index (χ3n) is 6.79. The Balaban J connectivity index is 1.49. The van der Waals surface area contributed by atoms with Crippen molar-refractivity contribution in [1.29, 1.82) is 0 Å². The van der Waals surface area contributed by atoms with Crippen molar-refractivity contribution in [2.24, 2.45) is 0 Å². The third kappa shape index (κ3) is 4.83. The summed E-state index contributed by atoms with van der Waals surface area (Å²) in [6.45, 7) is 7.45. The second-order valence-corrected chi connectivity index (χ2v) is 9.15. The van der Waals surface area contributed by atoms with Crippen molar-refractivity contribution >= 4 is 16.9 Å². The van der Waals surface area contributed by atoms with E-state index in [0.29, 0.717) is 29.7 Å². The van der Waals surface area contributed by atoms with Gasteiger partial charge in [0.25, 0.3) is 5.91 Å².